The van der Waals surface area contributed by atoms with Crippen LogP contribution >= 0.6 is 0 Å². The van der Waals surface area contributed by atoms with Crippen molar-refractivity contribution in [3.8, 4) is 0 Å². The molecule has 0 N–H and O–H groups in total. The number of hydrogen-bond donors (Lipinski definition) is 0. The average Bonchev–Trinajstić information content (AvgIpc) is 2.78. The fourth-order valence-electron chi connectivity index (χ4n) is 2.19. The summed E-state index contributed by atoms with van der Waals surface area (Å²) in [5.74, 6) is -1.35. The number of halogens is 2. The zero-order valence-electron chi connectivity index (χ0n) is 10.6. The van der Waals surface area contributed by atoms with E-state index in [1.54, 1.807) is 11.7 Å². The lowest BCUT2D eigenvalue weighted by Gasteiger charge is -2.16. The summed E-state index contributed by atoms with van der Waals surface area (Å²) in [5.41, 5.74) is 0.480. The van der Waals surface area contributed by atoms with Gasteiger partial charge in [0.2, 0.25) is 0 Å². The third-order valence-electron chi connectivity index (χ3n) is 3.19. The van der Waals surface area contributed by atoms with E-state index in [0.29, 0.717) is 11.5 Å². The summed E-state index contributed by atoms with van der Waals surface area (Å²) in [5, 5.41) is 3.92. The fourth-order valence-corrected chi connectivity index (χ4v) is 2.19. The van der Waals surface area contributed by atoms with Crippen molar-refractivity contribution in [2.45, 2.75) is 6.42 Å². The smallest absolute Gasteiger partial charge is 0.185 e. The summed E-state index contributed by atoms with van der Waals surface area (Å²) in [6, 6.07) is 1.80. The Labute approximate surface area is 113 Å². The number of benzene rings is 1. The first kappa shape index (κ1) is 12.6. The SMILES string of the molecule is Cn1ncnc1CC1=NCC(=O)c2cc(F)cc(F)c21. The molecule has 3 rings (SSSR count). The quantitative estimate of drug-likeness (QED) is 0.831. The minimum absolute atomic E-state index is 0.0367. The van der Waals surface area contributed by atoms with Gasteiger partial charge in [0.15, 0.2) is 5.78 Å². The normalized spacial score (nSPS) is 14.2. The highest BCUT2D eigenvalue weighted by molar-refractivity contribution is 6.15. The molecule has 0 atom stereocenters. The Bertz CT molecular complexity index is 736. The molecule has 7 heteroatoms. The molecule has 20 heavy (non-hydrogen) atoms. The lowest BCUT2D eigenvalue weighted by molar-refractivity contribution is 0.0999. The Kier molecular flexibility index (Phi) is 2.89. The molecule has 0 amide bonds. The molecule has 0 saturated heterocycles. The van der Waals surface area contributed by atoms with Gasteiger partial charge in [0.25, 0.3) is 0 Å². The van der Waals surface area contributed by atoms with Crippen LogP contribution < -0.4 is 0 Å². The van der Waals surface area contributed by atoms with Gasteiger partial charge in [-0.1, -0.05) is 0 Å². The van der Waals surface area contributed by atoms with Gasteiger partial charge in [0.1, 0.15) is 30.3 Å². The van der Waals surface area contributed by atoms with Crippen LogP contribution in [0.5, 0.6) is 0 Å². The summed E-state index contributed by atoms with van der Waals surface area (Å²) in [6.07, 6.45) is 1.62. The molecule has 0 spiro atoms. The minimum atomic E-state index is -0.783. The van der Waals surface area contributed by atoms with Crippen LogP contribution in [0.15, 0.2) is 23.5 Å². The Morgan fingerprint density at radius 2 is 2.15 bits per heavy atom. The van der Waals surface area contributed by atoms with E-state index >= 15 is 0 Å². The largest absolute Gasteiger partial charge is 0.292 e. The minimum Gasteiger partial charge on any atom is -0.292 e. The molecular weight excluding hydrogens is 266 g/mol. The number of carbonyl (C=O) groups is 1. The number of rotatable bonds is 2. The van der Waals surface area contributed by atoms with Gasteiger partial charge < -0.3 is 0 Å². The van der Waals surface area contributed by atoms with Crippen LogP contribution in [0, 0.1) is 11.6 Å². The van der Waals surface area contributed by atoms with E-state index in [-0.39, 0.29) is 29.9 Å². The number of fused-ring (bicyclic) bond motifs is 1. The van der Waals surface area contributed by atoms with Gasteiger partial charge in [-0.15, -0.1) is 0 Å². The van der Waals surface area contributed by atoms with Gasteiger partial charge in [-0.05, 0) is 6.07 Å². The Morgan fingerprint density at radius 3 is 2.85 bits per heavy atom. The van der Waals surface area contributed by atoms with Gasteiger partial charge in [-0.2, -0.15) is 5.10 Å². The van der Waals surface area contributed by atoms with Crippen molar-refractivity contribution in [1.29, 1.82) is 0 Å². The first-order chi connectivity index (χ1) is 9.56. The molecule has 0 radical (unpaired) electrons. The Hall–Kier alpha value is -2.44. The van der Waals surface area contributed by atoms with Crippen LogP contribution in [0.2, 0.25) is 0 Å². The summed E-state index contributed by atoms with van der Waals surface area (Å²) in [6.45, 7) is -0.108. The van der Waals surface area contributed by atoms with Crippen molar-refractivity contribution in [2.24, 2.45) is 12.0 Å². The van der Waals surface area contributed by atoms with E-state index < -0.39 is 11.6 Å². The van der Waals surface area contributed by atoms with Crippen molar-refractivity contribution >= 4 is 11.5 Å². The van der Waals surface area contributed by atoms with E-state index in [1.165, 1.54) is 6.33 Å². The van der Waals surface area contributed by atoms with Crippen LogP contribution in [0.4, 0.5) is 8.78 Å². The van der Waals surface area contributed by atoms with Crippen molar-refractivity contribution in [3.05, 3.63) is 47.0 Å². The molecule has 0 bridgehead atoms. The number of ketones is 1. The van der Waals surface area contributed by atoms with E-state index in [1.807, 2.05) is 0 Å². The molecule has 0 fully saturated rings. The lowest BCUT2D eigenvalue weighted by Crippen LogP contribution is -2.23. The monoisotopic (exact) mass is 276 g/mol. The molecule has 1 aromatic heterocycles. The topological polar surface area (TPSA) is 60.1 Å². The average molecular weight is 276 g/mol. The van der Waals surface area contributed by atoms with Gasteiger partial charge >= 0.3 is 0 Å². The number of nitrogens with zero attached hydrogens (tertiary/aromatic N) is 4. The van der Waals surface area contributed by atoms with Crippen molar-refractivity contribution in [2.75, 3.05) is 6.54 Å². The summed E-state index contributed by atoms with van der Waals surface area (Å²) in [4.78, 5) is 19.9. The van der Waals surface area contributed by atoms with E-state index in [0.717, 1.165) is 12.1 Å². The highest BCUT2D eigenvalue weighted by Gasteiger charge is 2.26. The van der Waals surface area contributed by atoms with Crippen LogP contribution in [-0.4, -0.2) is 32.8 Å². The van der Waals surface area contributed by atoms with Gasteiger partial charge in [0, 0.05) is 24.2 Å². The molecule has 2 heterocycles. The van der Waals surface area contributed by atoms with E-state index in [4.69, 9.17) is 0 Å². The van der Waals surface area contributed by atoms with E-state index in [9.17, 15) is 13.6 Å². The molecular formula is C13H10F2N4O. The third-order valence-corrected chi connectivity index (χ3v) is 3.19. The first-order valence-electron chi connectivity index (χ1n) is 5.95. The first-order valence-corrected chi connectivity index (χ1v) is 5.95. The zero-order chi connectivity index (χ0) is 14.3. The number of aliphatic imine (C=N–C) groups is 1. The van der Waals surface area contributed by atoms with Gasteiger partial charge in [-0.25, -0.2) is 13.8 Å². The van der Waals surface area contributed by atoms with Crippen LogP contribution in [-0.2, 0) is 13.5 Å². The lowest BCUT2D eigenvalue weighted by atomic mass is 9.94. The molecule has 1 aromatic carbocycles. The number of aromatic nitrogens is 3. The van der Waals surface area contributed by atoms with Gasteiger partial charge in [-0.3, -0.25) is 14.5 Å². The molecule has 1 aliphatic heterocycles. The second-order valence-electron chi connectivity index (χ2n) is 4.47. The molecule has 1 aliphatic rings. The Morgan fingerprint density at radius 1 is 1.35 bits per heavy atom. The summed E-state index contributed by atoms with van der Waals surface area (Å²) < 4.78 is 28.7. The maximum Gasteiger partial charge on any atom is 0.185 e. The second kappa shape index (κ2) is 4.59. The predicted octanol–water partition coefficient (Wildman–Crippen LogP) is 1.32. The molecule has 0 aliphatic carbocycles. The molecule has 5 nitrogen and oxygen atoms in total. The molecule has 2 aromatic rings. The van der Waals surface area contributed by atoms with E-state index in [2.05, 4.69) is 15.1 Å². The predicted molar refractivity (Wildman–Crippen MR) is 66.8 cm³/mol. The fraction of sp³-hybridized carbons (Fsp3) is 0.231. The highest BCUT2D eigenvalue weighted by Crippen LogP contribution is 2.22. The standard InChI is InChI=1S/C13H10F2N4O/c1-19-12(17-6-18-19)4-10-13-8(11(20)5-16-10)2-7(14)3-9(13)15/h2-3,6H,4-5H2,1H3. The van der Waals surface area contributed by atoms with Crippen molar-refractivity contribution in [3.63, 3.8) is 0 Å². The van der Waals surface area contributed by atoms with Gasteiger partial charge in [0.05, 0.1) is 12.1 Å². The van der Waals surface area contributed by atoms with Crippen LogP contribution in [0.1, 0.15) is 21.7 Å². The summed E-state index contributed by atoms with van der Waals surface area (Å²) >= 11 is 0. The molecule has 0 unspecified atom stereocenters. The second-order valence-corrected chi connectivity index (χ2v) is 4.47. The number of Topliss-reactive ketones (excluding diaryl/α,β-unsaturated/α-hetero) is 1. The Balaban J connectivity index is 2.08. The third kappa shape index (κ3) is 2.01. The van der Waals surface area contributed by atoms with Crippen LogP contribution in [0.3, 0.4) is 0 Å². The van der Waals surface area contributed by atoms with Crippen LogP contribution in [0.25, 0.3) is 0 Å². The number of hydrogen-bond acceptors (Lipinski definition) is 4. The van der Waals surface area contributed by atoms with Crippen molar-refractivity contribution < 1.29 is 13.6 Å². The number of carbonyl (C=O) groups excluding carboxylic acids is 1. The highest BCUT2D eigenvalue weighted by atomic mass is 19.1. The number of aryl methyl sites for hydroxylation is 1. The van der Waals surface area contributed by atoms with Crippen molar-refractivity contribution in [1.82, 2.24) is 14.8 Å². The summed E-state index contributed by atoms with van der Waals surface area (Å²) in [7, 11) is 1.71. The zero-order valence-corrected chi connectivity index (χ0v) is 10.6. The molecule has 102 valence electrons. The maximum absolute atomic E-state index is 14.0. The molecule has 0 saturated carbocycles. The maximum atomic E-state index is 14.0.